The van der Waals surface area contributed by atoms with Gasteiger partial charge in [0.15, 0.2) is 12.2 Å². The van der Waals surface area contributed by atoms with Crippen LogP contribution in [-0.4, -0.2) is 96.7 Å². The van der Waals surface area contributed by atoms with Crippen molar-refractivity contribution in [2.75, 3.05) is 39.6 Å². The third-order valence-corrected chi connectivity index (χ3v) is 23.3. The molecule has 0 heterocycles. The fourth-order valence-corrected chi connectivity index (χ4v) is 15.6. The van der Waals surface area contributed by atoms with E-state index in [1.165, 1.54) is 270 Å². The molecule has 0 aliphatic rings. The Balaban J connectivity index is 5.20. The van der Waals surface area contributed by atoms with Gasteiger partial charge in [-0.1, -0.05) is 421 Å². The molecule has 0 rings (SSSR count). The van der Waals surface area contributed by atoms with Crippen molar-refractivity contribution in [2.45, 2.75) is 491 Å². The van der Waals surface area contributed by atoms with Gasteiger partial charge in [-0.3, -0.25) is 37.3 Å². The quantitative estimate of drug-likeness (QED) is 0.0222. The maximum absolute atomic E-state index is 13.2. The van der Waals surface area contributed by atoms with E-state index in [9.17, 15) is 43.2 Å². The molecule has 0 amide bonds. The number of phosphoric ester groups is 2. The number of carbonyl (C=O) groups is 4. The molecule has 0 spiro atoms. The van der Waals surface area contributed by atoms with Crippen LogP contribution in [-0.2, 0) is 65.4 Å². The molecule has 0 aromatic carbocycles. The zero-order chi connectivity index (χ0) is 80.2. The summed E-state index contributed by atoms with van der Waals surface area (Å²) < 4.78 is 69.0. The molecule has 0 bridgehead atoms. The molecule has 0 fully saturated rings. The molecule has 4 unspecified atom stereocenters. The standard InChI is InChI=1S/C90H176O17P2/c1-9-83(8)69-61-53-45-37-31-25-19-15-11-13-17-21-27-34-40-48-57-65-73-90(95)107-86(77-101-88(93)71-63-55-49-41-44-52-60-68-82(6)7)79-105-109(98,99)103-75-84(91)74-102-108(96,97)104-78-85(76-100-87(92)70-62-54-46-38-32-28-22-24-30-36-43-51-59-67-81(4)5)106-89(94)72-64-56-47-39-33-26-20-16-12-10-14-18-23-29-35-42-50-58-66-80(2)3/h80-86,91H,9-79H2,1-8H3,(H,96,97)(H,98,99)/t83?,84?,85-,86-/m1/s1. The second-order valence-corrected chi connectivity index (χ2v) is 36.9. The maximum atomic E-state index is 13.2. The van der Waals surface area contributed by atoms with Crippen LogP contribution < -0.4 is 0 Å². The summed E-state index contributed by atoms with van der Waals surface area (Å²) in [4.78, 5) is 73.3. The average Bonchev–Trinajstić information content (AvgIpc) is 0.898. The van der Waals surface area contributed by atoms with Crippen LogP contribution in [0.25, 0.3) is 0 Å². The first-order chi connectivity index (χ1) is 52.6. The number of hydrogen-bond acceptors (Lipinski definition) is 15. The van der Waals surface area contributed by atoms with Crippen LogP contribution in [0.2, 0.25) is 0 Å². The highest BCUT2D eigenvalue weighted by molar-refractivity contribution is 7.47. The van der Waals surface area contributed by atoms with E-state index >= 15 is 0 Å². The summed E-state index contributed by atoms with van der Waals surface area (Å²) in [5, 5.41) is 10.7. The molecular weight excluding hydrogens is 1410 g/mol. The summed E-state index contributed by atoms with van der Waals surface area (Å²) in [6.45, 7) is 14.4. The van der Waals surface area contributed by atoms with Crippen LogP contribution in [0, 0.1) is 23.7 Å². The number of aliphatic hydroxyl groups is 1. The maximum Gasteiger partial charge on any atom is 0.472 e. The molecule has 0 radical (unpaired) electrons. The molecule has 17 nitrogen and oxygen atoms in total. The predicted octanol–water partition coefficient (Wildman–Crippen LogP) is 27.5. The molecule has 0 saturated carbocycles. The lowest BCUT2D eigenvalue weighted by molar-refractivity contribution is -0.161. The number of rotatable bonds is 87. The lowest BCUT2D eigenvalue weighted by Gasteiger charge is -2.21. The molecule has 109 heavy (non-hydrogen) atoms. The third-order valence-electron chi connectivity index (χ3n) is 21.4. The summed E-state index contributed by atoms with van der Waals surface area (Å²) >= 11 is 0. The molecular formula is C90H176O17P2. The van der Waals surface area contributed by atoms with E-state index in [4.69, 9.17) is 37.0 Å². The number of aliphatic hydroxyl groups excluding tert-OH is 1. The zero-order valence-electron chi connectivity index (χ0n) is 72.2. The first-order valence-corrected chi connectivity index (χ1v) is 49.2. The van der Waals surface area contributed by atoms with Crippen molar-refractivity contribution in [3.8, 4) is 0 Å². The van der Waals surface area contributed by atoms with Crippen LogP contribution in [0.1, 0.15) is 473 Å². The average molecular weight is 1590 g/mol. The Morgan fingerprint density at radius 3 is 0.651 bits per heavy atom. The van der Waals surface area contributed by atoms with Crippen molar-refractivity contribution in [2.24, 2.45) is 23.7 Å². The molecule has 19 heteroatoms. The Morgan fingerprint density at radius 1 is 0.257 bits per heavy atom. The van der Waals surface area contributed by atoms with Gasteiger partial charge in [0.1, 0.15) is 19.3 Å². The molecule has 6 atom stereocenters. The summed E-state index contributed by atoms with van der Waals surface area (Å²) in [6, 6.07) is 0. The summed E-state index contributed by atoms with van der Waals surface area (Å²) in [5.74, 6) is 1.08. The largest absolute Gasteiger partial charge is 0.472 e. The van der Waals surface area contributed by atoms with Gasteiger partial charge in [-0.25, -0.2) is 9.13 Å². The second-order valence-electron chi connectivity index (χ2n) is 34.0. The first-order valence-electron chi connectivity index (χ1n) is 46.2. The van der Waals surface area contributed by atoms with Crippen molar-refractivity contribution >= 4 is 39.5 Å². The Kier molecular flexibility index (Phi) is 77.2. The Bertz CT molecular complexity index is 2110. The highest BCUT2D eigenvalue weighted by atomic mass is 31.2. The van der Waals surface area contributed by atoms with Gasteiger partial charge in [0, 0.05) is 25.7 Å². The van der Waals surface area contributed by atoms with E-state index in [0.29, 0.717) is 31.6 Å². The minimum Gasteiger partial charge on any atom is -0.462 e. The van der Waals surface area contributed by atoms with Gasteiger partial charge in [-0.05, 0) is 49.4 Å². The number of ether oxygens (including phenoxy) is 4. The molecule has 648 valence electrons. The molecule has 0 saturated heterocycles. The van der Waals surface area contributed by atoms with Crippen LogP contribution >= 0.6 is 15.6 Å². The summed E-state index contributed by atoms with van der Waals surface area (Å²) in [7, 11) is -9.93. The molecule has 0 aliphatic carbocycles. The van der Waals surface area contributed by atoms with E-state index in [2.05, 4.69) is 55.4 Å². The number of carbonyl (C=O) groups excluding carboxylic acids is 4. The Morgan fingerprint density at radius 2 is 0.440 bits per heavy atom. The molecule has 3 N–H and O–H groups in total. The number of esters is 4. The van der Waals surface area contributed by atoms with Crippen LogP contribution in [0.4, 0.5) is 0 Å². The number of phosphoric acid groups is 2. The second kappa shape index (κ2) is 78.6. The first kappa shape index (κ1) is 107. The van der Waals surface area contributed by atoms with Crippen molar-refractivity contribution < 1.29 is 80.2 Å². The normalized spacial score (nSPS) is 14.1. The smallest absolute Gasteiger partial charge is 0.462 e. The van der Waals surface area contributed by atoms with Gasteiger partial charge in [0.05, 0.1) is 26.4 Å². The highest BCUT2D eigenvalue weighted by Gasteiger charge is 2.31. The number of hydrogen-bond donors (Lipinski definition) is 3. The zero-order valence-corrected chi connectivity index (χ0v) is 74.0. The topological polar surface area (TPSA) is 237 Å². The van der Waals surface area contributed by atoms with E-state index < -0.39 is 97.5 Å². The van der Waals surface area contributed by atoms with Gasteiger partial charge in [0.25, 0.3) is 0 Å². The van der Waals surface area contributed by atoms with Crippen LogP contribution in [0.3, 0.4) is 0 Å². The minimum atomic E-state index is -4.97. The van der Waals surface area contributed by atoms with Crippen LogP contribution in [0.5, 0.6) is 0 Å². The number of unbranched alkanes of at least 4 members (excludes halogenated alkanes) is 52. The van der Waals surface area contributed by atoms with Crippen molar-refractivity contribution in [3.05, 3.63) is 0 Å². The predicted molar refractivity (Wildman–Crippen MR) is 451 cm³/mol. The molecule has 0 aliphatic heterocycles. The van der Waals surface area contributed by atoms with E-state index in [-0.39, 0.29) is 25.7 Å². The lowest BCUT2D eigenvalue weighted by atomic mass is 9.99. The van der Waals surface area contributed by atoms with E-state index in [1.807, 2.05) is 0 Å². The molecule has 0 aromatic rings. The Hall–Kier alpha value is -1.94. The fraction of sp³-hybridized carbons (Fsp3) is 0.956. The fourth-order valence-electron chi connectivity index (χ4n) is 14.0. The van der Waals surface area contributed by atoms with Gasteiger partial charge in [-0.2, -0.15) is 0 Å². The molecule has 0 aromatic heterocycles. The summed E-state index contributed by atoms with van der Waals surface area (Å²) in [5.41, 5.74) is 0. The van der Waals surface area contributed by atoms with Crippen molar-refractivity contribution in [3.63, 3.8) is 0 Å². The summed E-state index contributed by atoms with van der Waals surface area (Å²) in [6.07, 6.45) is 69.6. The SMILES string of the molecule is CCC(C)CCCCCCCCCCCCCCCCCCCCC(=O)O[C@H](COC(=O)CCCCCCCCCC(C)C)COP(=O)(O)OCC(O)COP(=O)(O)OC[C@@H](COC(=O)CCCCCCCCCCCCCCCC(C)C)OC(=O)CCCCCCCCCCCCCCCCCCCCC(C)C. The van der Waals surface area contributed by atoms with Crippen LogP contribution in [0.15, 0.2) is 0 Å². The van der Waals surface area contributed by atoms with Crippen molar-refractivity contribution in [1.82, 2.24) is 0 Å². The monoisotopic (exact) mass is 1590 g/mol. The minimum absolute atomic E-state index is 0.107. The van der Waals surface area contributed by atoms with Gasteiger partial charge in [0.2, 0.25) is 0 Å². The van der Waals surface area contributed by atoms with E-state index in [1.54, 1.807) is 0 Å². The Labute approximate surface area is 670 Å². The van der Waals surface area contributed by atoms with Gasteiger partial charge in [-0.15, -0.1) is 0 Å². The third kappa shape index (κ3) is 82.4. The van der Waals surface area contributed by atoms with E-state index in [0.717, 1.165) is 114 Å². The highest BCUT2D eigenvalue weighted by Crippen LogP contribution is 2.45. The van der Waals surface area contributed by atoms with Gasteiger partial charge >= 0.3 is 39.5 Å². The van der Waals surface area contributed by atoms with Crippen molar-refractivity contribution in [1.29, 1.82) is 0 Å². The van der Waals surface area contributed by atoms with Gasteiger partial charge < -0.3 is 33.8 Å². The lowest BCUT2D eigenvalue weighted by Crippen LogP contribution is -2.30.